The first-order valence-corrected chi connectivity index (χ1v) is 11.8. The fourth-order valence-corrected chi connectivity index (χ4v) is 4.92. The van der Waals surface area contributed by atoms with Crippen molar-refractivity contribution in [3.05, 3.63) is 104 Å². The van der Waals surface area contributed by atoms with Crippen LogP contribution in [0.4, 0.5) is 0 Å². The summed E-state index contributed by atoms with van der Waals surface area (Å²) in [7, 11) is 0. The molecule has 3 aromatic carbocycles. The Balaban J connectivity index is 1.76. The fourth-order valence-electron chi connectivity index (χ4n) is 4.49. The molecule has 2 heterocycles. The third-order valence-electron chi connectivity index (χ3n) is 6.06. The number of pyridine rings is 1. The molecule has 5 rings (SSSR count). The molecule has 5 nitrogen and oxygen atoms in total. The number of carbonyl (C=O) groups is 1. The van der Waals surface area contributed by atoms with Crippen LogP contribution >= 0.6 is 23.2 Å². The van der Waals surface area contributed by atoms with Crippen molar-refractivity contribution in [1.82, 2.24) is 9.99 Å². The van der Waals surface area contributed by atoms with Gasteiger partial charge in [-0.15, -0.1) is 0 Å². The number of nitrogens with one attached hydrogen (secondary N) is 1. The summed E-state index contributed by atoms with van der Waals surface area (Å²) in [6.45, 7) is 1.79. The molecule has 0 spiro atoms. The number of nitrogens with zero attached hydrogens (tertiary/aromatic N) is 2. The summed E-state index contributed by atoms with van der Waals surface area (Å²) in [5.41, 5.74) is 3.79. The maximum Gasteiger partial charge on any atom is 0.258 e. The number of amides is 1. The Hall–Kier alpha value is -3.41. The molecule has 34 heavy (non-hydrogen) atoms. The molecule has 1 N–H and O–H groups in total. The highest BCUT2D eigenvalue weighted by molar-refractivity contribution is 6.32. The maximum atomic E-state index is 13.5. The Morgan fingerprint density at radius 2 is 1.76 bits per heavy atom. The Morgan fingerprint density at radius 1 is 1.03 bits per heavy atom. The number of halogens is 2. The number of hydrogen-bond donors (Lipinski definition) is 1. The van der Waals surface area contributed by atoms with Crippen LogP contribution in [-0.4, -0.2) is 21.6 Å². The van der Waals surface area contributed by atoms with Crippen molar-refractivity contribution in [3.8, 4) is 11.1 Å². The summed E-state index contributed by atoms with van der Waals surface area (Å²) in [5, 5.41) is 8.09. The average Bonchev–Trinajstić information content (AvgIpc) is 3.28. The van der Waals surface area contributed by atoms with Crippen molar-refractivity contribution in [1.29, 1.82) is 0 Å². The molecule has 1 aromatic heterocycles. The first-order chi connectivity index (χ1) is 16.5. The lowest BCUT2D eigenvalue weighted by atomic mass is 9.91. The molecule has 1 atom stereocenters. The van der Waals surface area contributed by atoms with Gasteiger partial charge in [0.05, 0.1) is 17.3 Å². The van der Waals surface area contributed by atoms with Crippen molar-refractivity contribution in [2.75, 3.05) is 0 Å². The van der Waals surface area contributed by atoms with Crippen LogP contribution < -0.4 is 5.56 Å². The van der Waals surface area contributed by atoms with Crippen LogP contribution in [0.1, 0.15) is 36.9 Å². The molecule has 0 bridgehead atoms. The molecule has 0 saturated heterocycles. The molecule has 0 aliphatic carbocycles. The van der Waals surface area contributed by atoms with Gasteiger partial charge in [-0.05, 0) is 35.4 Å². The van der Waals surface area contributed by atoms with Gasteiger partial charge in [0, 0.05) is 39.4 Å². The third kappa shape index (κ3) is 3.91. The van der Waals surface area contributed by atoms with Crippen molar-refractivity contribution < 1.29 is 4.79 Å². The first kappa shape index (κ1) is 22.4. The SMILES string of the molecule is CCC(=O)N1N=C(c2c(-c3ccccc3)c3cc(Cl)ccc3[nH]c2=O)C[C@H]1c1ccccc1Cl. The Bertz CT molecular complexity index is 1500. The van der Waals surface area contributed by atoms with Gasteiger partial charge in [-0.25, -0.2) is 5.01 Å². The average molecular weight is 490 g/mol. The Labute approximate surface area is 206 Å². The van der Waals surface area contributed by atoms with E-state index in [4.69, 9.17) is 28.3 Å². The number of fused-ring (bicyclic) bond motifs is 1. The predicted octanol–water partition coefficient (Wildman–Crippen LogP) is 6.59. The highest BCUT2D eigenvalue weighted by Gasteiger charge is 2.35. The molecule has 1 aliphatic heterocycles. The number of aromatic nitrogens is 1. The van der Waals surface area contributed by atoms with Crippen molar-refractivity contribution in [2.24, 2.45) is 5.10 Å². The summed E-state index contributed by atoms with van der Waals surface area (Å²) in [4.78, 5) is 29.3. The lowest BCUT2D eigenvalue weighted by molar-refractivity contribution is -0.132. The zero-order valence-corrected chi connectivity index (χ0v) is 19.9. The third-order valence-corrected chi connectivity index (χ3v) is 6.64. The van der Waals surface area contributed by atoms with Gasteiger partial charge in [-0.2, -0.15) is 5.10 Å². The molecule has 0 unspecified atom stereocenters. The second kappa shape index (κ2) is 9.09. The Kier molecular flexibility index (Phi) is 5.98. The van der Waals surface area contributed by atoms with E-state index in [-0.39, 0.29) is 17.9 Å². The van der Waals surface area contributed by atoms with Crippen LogP contribution in [0.3, 0.4) is 0 Å². The zero-order valence-electron chi connectivity index (χ0n) is 18.4. The molecular formula is C27H21Cl2N3O2. The van der Waals surface area contributed by atoms with Gasteiger partial charge in [-0.3, -0.25) is 9.59 Å². The van der Waals surface area contributed by atoms with Gasteiger partial charge >= 0.3 is 0 Å². The number of H-pyrrole nitrogens is 1. The summed E-state index contributed by atoms with van der Waals surface area (Å²) in [6.07, 6.45) is 0.650. The molecule has 1 amide bonds. The minimum Gasteiger partial charge on any atom is -0.321 e. The molecule has 4 aromatic rings. The van der Waals surface area contributed by atoms with Crippen molar-refractivity contribution >= 4 is 45.7 Å². The van der Waals surface area contributed by atoms with Crippen molar-refractivity contribution in [2.45, 2.75) is 25.8 Å². The topological polar surface area (TPSA) is 65.5 Å². The summed E-state index contributed by atoms with van der Waals surface area (Å²) < 4.78 is 0. The van der Waals surface area contributed by atoms with Crippen LogP contribution in [0.2, 0.25) is 10.0 Å². The monoisotopic (exact) mass is 489 g/mol. The largest absolute Gasteiger partial charge is 0.321 e. The molecule has 0 saturated carbocycles. The zero-order chi connectivity index (χ0) is 23.8. The fraction of sp³-hybridized carbons (Fsp3) is 0.148. The highest BCUT2D eigenvalue weighted by Crippen LogP contribution is 2.39. The molecule has 170 valence electrons. The van der Waals surface area contributed by atoms with Crippen LogP contribution in [0.5, 0.6) is 0 Å². The maximum absolute atomic E-state index is 13.5. The lowest BCUT2D eigenvalue weighted by Crippen LogP contribution is -2.26. The van der Waals surface area contributed by atoms with E-state index < -0.39 is 6.04 Å². The lowest BCUT2D eigenvalue weighted by Gasteiger charge is -2.22. The number of hydrazone groups is 1. The predicted molar refractivity (Wildman–Crippen MR) is 137 cm³/mol. The molecule has 1 aliphatic rings. The van der Waals surface area contributed by atoms with Gasteiger partial charge in [-0.1, -0.05) is 78.7 Å². The number of aromatic amines is 1. The number of hydrogen-bond acceptors (Lipinski definition) is 3. The van der Waals surface area contributed by atoms with Gasteiger partial charge in [0.25, 0.3) is 5.56 Å². The first-order valence-electron chi connectivity index (χ1n) is 11.0. The summed E-state index contributed by atoms with van der Waals surface area (Å²) in [5.74, 6) is -0.138. The molecule has 7 heteroatoms. The van der Waals surface area contributed by atoms with Crippen molar-refractivity contribution in [3.63, 3.8) is 0 Å². The van der Waals surface area contributed by atoms with Gasteiger partial charge in [0.15, 0.2) is 0 Å². The molecule has 0 fully saturated rings. The number of benzene rings is 3. The second-order valence-corrected chi connectivity index (χ2v) is 8.98. The van der Waals surface area contributed by atoms with Gasteiger partial charge in [0.1, 0.15) is 0 Å². The van der Waals surface area contributed by atoms with Crippen LogP contribution in [0.15, 0.2) is 82.7 Å². The smallest absolute Gasteiger partial charge is 0.258 e. The van der Waals surface area contributed by atoms with E-state index >= 15 is 0 Å². The number of rotatable bonds is 4. The van der Waals surface area contributed by atoms with Crippen LogP contribution in [0.25, 0.3) is 22.0 Å². The minimum absolute atomic E-state index is 0.138. The van der Waals surface area contributed by atoms with Crippen LogP contribution in [-0.2, 0) is 4.79 Å². The quantitative estimate of drug-likeness (QED) is 0.351. The van der Waals surface area contributed by atoms with Gasteiger partial charge < -0.3 is 4.98 Å². The van der Waals surface area contributed by atoms with E-state index in [0.29, 0.717) is 33.3 Å². The van der Waals surface area contributed by atoms with Gasteiger partial charge in [0.2, 0.25) is 5.91 Å². The van der Waals surface area contributed by atoms with Crippen LogP contribution in [0, 0.1) is 0 Å². The van der Waals surface area contributed by atoms with E-state index in [0.717, 1.165) is 22.1 Å². The summed E-state index contributed by atoms with van der Waals surface area (Å²) >= 11 is 12.8. The second-order valence-electron chi connectivity index (χ2n) is 8.14. The van der Waals surface area contributed by atoms with E-state index in [1.165, 1.54) is 5.01 Å². The highest BCUT2D eigenvalue weighted by atomic mass is 35.5. The van der Waals surface area contributed by atoms with E-state index in [1.807, 2.05) is 54.6 Å². The van der Waals surface area contributed by atoms with E-state index in [2.05, 4.69) is 4.98 Å². The summed E-state index contributed by atoms with van der Waals surface area (Å²) in [6, 6.07) is 22.1. The Morgan fingerprint density at radius 3 is 2.50 bits per heavy atom. The molecular weight excluding hydrogens is 469 g/mol. The minimum atomic E-state index is -0.394. The molecule has 0 radical (unpaired) electrons. The number of carbonyl (C=O) groups excluding carboxylic acids is 1. The normalized spacial score (nSPS) is 15.6. The van der Waals surface area contributed by atoms with E-state index in [9.17, 15) is 9.59 Å². The standard InChI is InChI=1S/C27H21Cl2N3O2/c1-2-24(33)32-23(18-10-6-7-11-20(18)29)15-22(31-32)26-25(16-8-4-3-5-9-16)19-14-17(28)12-13-21(19)30-27(26)34/h3-14,23H,2,15H2,1H3,(H,30,34)/t23-/m0/s1. The van der Waals surface area contributed by atoms with E-state index in [1.54, 1.807) is 25.1 Å².